The summed E-state index contributed by atoms with van der Waals surface area (Å²) in [5.41, 5.74) is 1.01. The van der Waals surface area contributed by atoms with E-state index in [1.165, 1.54) is 4.70 Å². The van der Waals surface area contributed by atoms with Crippen LogP contribution in [-0.4, -0.2) is 11.5 Å². The molecule has 0 bridgehead atoms. The predicted octanol–water partition coefficient (Wildman–Crippen LogP) is 3.67. The molecule has 20 heavy (non-hydrogen) atoms. The van der Waals surface area contributed by atoms with Crippen LogP contribution in [0.15, 0.2) is 40.8 Å². The number of terminal acetylenes is 1. The number of para-hydroxylation sites is 1. The molecule has 0 spiro atoms. The van der Waals surface area contributed by atoms with Gasteiger partial charge in [-0.25, -0.2) is 4.98 Å². The standard InChI is InChI=1S/C16H14N2OS/c1-2-3-10-17-11-12-8-9-14(19-12)16-18-13-6-4-5-7-15(13)20-16/h1,4-9,17H,3,10-11H2. The monoisotopic (exact) mass is 282 g/mol. The van der Waals surface area contributed by atoms with Crippen molar-refractivity contribution < 1.29 is 4.42 Å². The number of nitrogens with zero attached hydrogens (tertiary/aromatic N) is 1. The average molecular weight is 282 g/mol. The summed E-state index contributed by atoms with van der Waals surface area (Å²) in [7, 11) is 0. The maximum absolute atomic E-state index is 5.81. The van der Waals surface area contributed by atoms with E-state index in [0.717, 1.165) is 35.0 Å². The van der Waals surface area contributed by atoms with E-state index >= 15 is 0 Å². The van der Waals surface area contributed by atoms with E-state index in [1.54, 1.807) is 11.3 Å². The first kappa shape index (κ1) is 12.9. The first-order valence-electron chi connectivity index (χ1n) is 6.45. The van der Waals surface area contributed by atoms with Gasteiger partial charge in [0, 0.05) is 13.0 Å². The van der Waals surface area contributed by atoms with Crippen molar-refractivity contribution in [1.29, 1.82) is 0 Å². The van der Waals surface area contributed by atoms with Gasteiger partial charge in [-0.05, 0) is 24.3 Å². The zero-order valence-electron chi connectivity index (χ0n) is 10.9. The fraction of sp³-hybridized carbons (Fsp3) is 0.188. The molecule has 3 nitrogen and oxygen atoms in total. The van der Waals surface area contributed by atoms with Crippen molar-refractivity contribution in [2.24, 2.45) is 0 Å². The second-order valence-electron chi connectivity index (χ2n) is 4.38. The Morgan fingerprint density at radius 3 is 3.00 bits per heavy atom. The Bertz CT molecular complexity index is 718. The Hall–Kier alpha value is -2.09. The van der Waals surface area contributed by atoms with Crippen molar-refractivity contribution in [3.8, 4) is 23.1 Å². The molecule has 0 amide bonds. The van der Waals surface area contributed by atoms with E-state index in [2.05, 4.69) is 22.3 Å². The van der Waals surface area contributed by atoms with Gasteiger partial charge in [0.25, 0.3) is 0 Å². The lowest BCUT2D eigenvalue weighted by Crippen LogP contribution is -2.13. The van der Waals surface area contributed by atoms with Gasteiger partial charge >= 0.3 is 0 Å². The first-order chi connectivity index (χ1) is 9.86. The van der Waals surface area contributed by atoms with Crippen LogP contribution in [0.3, 0.4) is 0 Å². The van der Waals surface area contributed by atoms with Crippen LogP contribution >= 0.6 is 11.3 Å². The summed E-state index contributed by atoms with van der Waals surface area (Å²) < 4.78 is 6.99. The summed E-state index contributed by atoms with van der Waals surface area (Å²) in [6.45, 7) is 1.49. The van der Waals surface area contributed by atoms with Crippen molar-refractivity contribution in [1.82, 2.24) is 10.3 Å². The van der Waals surface area contributed by atoms with Gasteiger partial charge in [-0.3, -0.25) is 0 Å². The molecule has 3 rings (SSSR count). The lowest BCUT2D eigenvalue weighted by molar-refractivity contribution is 0.496. The second-order valence-corrected chi connectivity index (χ2v) is 5.41. The number of aromatic nitrogens is 1. The second kappa shape index (κ2) is 5.91. The van der Waals surface area contributed by atoms with E-state index in [0.29, 0.717) is 6.54 Å². The molecule has 100 valence electrons. The molecule has 0 unspecified atom stereocenters. The Balaban J connectivity index is 1.74. The van der Waals surface area contributed by atoms with Crippen LogP contribution in [0.4, 0.5) is 0 Å². The van der Waals surface area contributed by atoms with Crippen molar-refractivity contribution in [2.45, 2.75) is 13.0 Å². The molecular formula is C16H14N2OS. The van der Waals surface area contributed by atoms with Gasteiger partial charge < -0.3 is 9.73 Å². The molecule has 1 aromatic carbocycles. The first-order valence-corrected chi connectivity index (χ1v) is 7.27. The van der Waals surface area contributed by atoms with Gasteiger partial charge in [0.05, 0.1) is 16.8 Å². The van der Waals surface area contributed by atoms with E-state index in [4.69, 9.17) is 10.8 Å². The molecule has 0 radical (unpaired) electrons. The molecule has 0 atom stereocenters. The largest absolute Gasteiger partial charge is 0.457 e. The van der Waals surface area contributed by atoms with E-state index in [9.17, 15) is 0 Å². The molecule has 1 N–H and O–H groups in total. The summed E-state index contributed by atoms with van der Waals surface area (Å²) in [6, 6.07) is 12.0. The fourth-order valence-electron chi connectivity index (χ4n) is 1.94. The zero-order valence-corrected chi connectivity index (χ0v) is 11.7. The maximum atomic E-state index is 5.81. The Kier molecular flexibility index (Phi) is 3.82. The Morgan fingerprint density at radius 2 is 2.15 bits per heavy atom. The maximum Gasteiger partial charge on any atom is 0.163 e. The van der Waals surface area contributed by atoms with Gasteiger partial charge in [0.2, 0.25) is 0 Å². The van der Waals surface area contributed by atoms with Crippen LogP contribution < -0.4 is 5.32 Å². The van der Waals surface area contributed by atoms with Gasteiger partial charge in [-0.15, -0.1) is 23.7 Å². The van der Waals surface area contributed by atoms with E-state index in [-0.39, 0.29) is 0 Å². The lowest BCUT2D eigenvalue weighted by atomic mass is 10.3. The summed E-state index contributed by atoms with van der Waals surface area (Å²) in [5.74, 6) is 4.32. The van der Waals surface area contributed by atoms with Crippen LogP contribution in [0, 0.1) is 12.3 Å². The third-order valence-electron chi connectivity index (χ3n) is 2.91. The smallest absolute Gasteiger partial charge is 0.163 e. The SMILES string of the molecule is C#CCCNCc1ccc(-c2nc3ccccc3s2)o1. The van der Waals surface area contributed by atoms with Crippen molar-refractivity contribution in [3.05, 3.63) is 42.2 Å². The predicted molar refractivity (Wildman–Crippen MR) is 82.5 cm³/mol. The Morgan fingerprint density at radius 1 is 1.25 bits per heavy atom. The molecule has 0 fully saturated rings. The van der Waals surface area contributed by atoms with Crippen molar-refractivity contribution in [3.63, 3.8) is 0 Å². The number of hydrogen-bond acceptors (Lipinski definition) is 4. The normalized spacial score (nSPS) is 10.8. The highest BCUT2D eigenvalue weighted by molar-refractivity contribution is 7.21. The highest BCUT2D eigenvalue weighted by Crippen LogP contribution is 2.30. The number of nitrogens with one attached hydrogen (secondary N) is 1. The number of fused-ring (bicyclic) bond motifs is 1. The average Bonchev–Trinajstić information content (AvgIpc) is 3.09. The third kappa shape index (κ3) is 2.74. The molecule has 0 saturated carbocycles. The van der Waals surface area contributed by atoms with Gasteiger partial charge in [0.1, 0.15) is 5.76 Å². The minimum absolute atomic E-state index is 0.687. The van der Waals surface area contributed by atoms with Crippen LogP contribution in [-0.2, 0) is 6.54 Å². The number of rotatable bonds is 5. The van der Waals surface area contributed by atoms with Crippen LogP contribution in [0.2, 0.25) is 0 Å². The van der Waals surface area contributed by atoms with Crippen LogP contribution in [0.25, 0.3) is 21.0 Å². The minimum atomic E-state index is 0.687. The number of furan rings is 1. The topological polar surface area (TPSA) is 38.1 Å². The molecule has 0 aliphatic carbocycles. The van der Waals surface area contributed by atoms with E-state index < -0.39 is 0 Å². The van der Waals surface area contributed by atoms with Crippen LogP contribution in [0.5, 0.6) is 0 Å². The fourth-order valence-corrected chi connectivity index (χ4v) is 2.87. The summed E-state index contributed by atoms with van der Waals surface area (Å²) in [5, 5.41) is 4.16. The lowest BCUT2D eigenvalue weighted by Gasteiger charge is -1.98. The number of benzene rings is 1. The number of thiazole rings is 1. The molecule has 0 aliphatic heterocycles. The highest BCUT2D eigenvalue weighted by Gasteiger charge is 2.10. The molecule has 0 saturated heterocycles. The van der Waals surface area contributed by atoms with Crippen molar-refractivity contribution in [2.75, 3.05) is 6.54 Å². The van der Waals surface area contributed by atoms with Gasteiger partial charge in [-0.2, -0.15) is 0 Å². The molecular weight excluding hydrogens is 268 g/mol. The molecule has 0 aliphatic rings. The van der Waals surface area contributed by atoms with Crippen LogP contribution in [0.1, 0.15) is 12.2 Å². The quantitative estimate of drug-likeness (QED) is 0.573. The summed E-state index contributed by atoms with van der Waals surface area (Å²) >= 11 is 1.64. The molecule has 2 heterocycles. The molecule has 2 aromatic heterocycles. The minimum Gasteiger partial charge on any atom is -0.457 e. The molecule has 3 aromatic rings. The van der Waals surface area contributed by atoms with Crippen molar-refractivity contribution >= 4 is 21.6 Å². The Labute approximate surface area is 121 Å². The van der Waals surface area contributed by atoms with E-state index in [1.807, 2.05) is 30.3 Å². The molecule has 4 heteroatoms. The third-order valence-corrected chi connectivity index (χ3v) is 3.96. The summed E-state index contributed by atoms with van der Waals surface area (Å²) in [4.78, 5) is 4.58. The van der Waals surface area contributed by atoms with Gasteiger partial charge in [-0.1, -0.05) is 12.1 Å². The summed E-state index contributed by atoms with van der Waals surface area (Å²) in [6.07, 6.45) is 5.93. The highest BCUT2D eigenvalue weighted by atomic mass is 32.1. The number of hydrogen-bond donors (Lipinski definition) is 1. The zero-order chi connectivity index (χ0) is 13.8. The van der Waals surface area contributed by atoms with Gasteiger partial charge in [0.15, 0.2) is 10.8 Å².